The minimum absolute atomic E-state index is 0.0233. The lowest BCUT2D eigenvalue weighted by Crippen LogP contribution is -2.38. The number of amides is 1. The van der Waals surface area contributed by atoms with Gasteiger partial charge in [-0.05, 0) is 29.7 Å². The number of fused-ring (bicyclic) bond motifs is 1. The Kier molecular flexibility index (Phi) is 3.16. The predicted molar refractivity (Wildman–Crippen MR) is 76.4 cm³/mol. The summed E-state index contributed by atoms with van der Waals surface area (Å²) >= 11 is 0. The van der Waals surface area contributed by atoms with Gasteiger partial charge in [-0.1, -0.05) is 36.4 Å². The first kappa shape index (κ1) is 12.7. The van der Waals surface area contributed by atoms with Crippen molar-refractivity contribution in [1.82, 2.24) is 5.32 Å². The van der Waals surface area contributed by atoms with Gasteiger partial charge >= 0.3 is 0 Å². The zero-order chi connectivity index (χ0) is 14.1. The minimum atomic E-state index is -0.305. The summed E-state index contributed by atoms with van der Waals surface area (Å²) in [7, 11) is 0. The Morgan fingerprint density at radius 1 is 1.15 bits per heavy atom. The quantitative estimate of drug-likeness (QED) is 0.776. The molecule has 0 saturated carbocycles. The molecule has 1 aliphatic rings. The van der Waals surface area contributed by atoms with Crippen LogP contribution in [0.1, 0.15) is 27.5 Å². The van der Waals surface area contributed by atoms with Crippen molar-refractivity contribution in [2.75, 3.05) is 0 Å². The molecule has 2 aromatic carbocycles. The van der Waals surface area contributed by atoms with Gasteiger partial charge in [-0.3, -0.25) is 4.79 Å². The van der Waals surface area contributed by atoms with Gasteiger partial charge in [0.2, 0.25) is 0 Å². The SMILES string of the molecule is NC1Cc2ccccc2C1NC(=O)c1ccccc1O. The van der Waals surface area contributed by atoms with Crippen LogP contribution in [0.15, 0.2) is 48.5 Å². The summed E-state index contributed by atoms with van der Waals surface area (Å²) in [5.74, 6) is -0.329. The van der Waals surface area contributed by atoms with E-state index in [4.69, 9.17) is 5.73 Å². The van der Waals surface area contributed by atoms with Crippen molar-refractivity contribution in [1.29, 1.82) is 0 Å². The number of hydrogen-bond acceptors (Lipinski definition) is 3. The molecular weight excluding hydrogens is 252 g/mol. The van der Waals surface area contributed by atoms with Crippen molar-refractivity contribution in [3.8, 4) is 5.75 Å². The highest BCUT2D eigenvalue weighted by Crippen LogP contribution is 2.30. The highest BCUT2D eigenvalue weighted by Gasteiger charge is 2.31. The lowest BCUT2D eigenvalue weighted by atomic mass is 10.1. The average molecular weight is 268 g/mol. The maximum atomic E-state index is 12.3. The van der Waals surface area contributed by atoms with E-state index in [1.54, 1.807) is 18.2 Å². The van der Waals surface area contributed by atoms with Crippen LogP contribution in [0, 0.1) is 0 Å². The van der Waals surface area contributed by atoms with E-state index in [2.05, 4.69) is 5.32 Å². The molecule has 0 spiro atoms. The Hall–Kier alpha value is -2.33. The van der Waals surface area contributed by atoms with Gasteiger partial charge < -0.3 is 16.2 Å². The van der Waals surface area contributed by atoms with E-state index in [-0.39, 0.29) is 29.3 Å². The second-order valence-electron chi connectivity index (χ2n) is 5.04. The van der Waals surface area contributed by atoms with Gasteiger partial charge in [0, 0.05) is 6.04 Å². The van der Waals surface area contributed by atoms with Gasteiger partial charge in [0.1, 0.15) is 5.75 Å². The third-order valence-electron chi connectivity index (χ3n) is 3.71. The molecule has 0 aromatic heterocycles. The first-order valence-corrected chi connectivity index (χ1v) is 6.59. The number of para-hydroxylation sites is 1. The maximum Gasteiger partial charge on any atom is 0.255 e. The number of nitrogens with two attached hydrogens (primary N) is 1. The molecule has 4 nitrogen and oxygen atoms in total. The van der Waals surface area contributed by atoms with E-state index in [0.29, 0.717) is 0 Å². The average Bonchev–Trinajstić information content (AvgIpc) is 2.76. The molecule has 1 amide bonds. The molecule has 0 heterocycles. The van der Waals surface area contributed by atoms with E-state index in [9.17, 15) is 9.90 Å². The predicted octanol–water partition coefficient (Wildman–Crippen LogP) is 1.75. The third kappa shape index (κ3) is 2.14. The summed E-state index contributed by atoms with van der Waals surface area (Å²) in [6.45, 7) is 0. The van der Waals surface area contributed by atoms with Crippen LogP contribution in [-0.2, 0) is 6.42 Å². The van der Waals surface area contributed by atoms with Gasteiger partial charge in [0.15, 0.2) is 0 Å². The smallest absolute Gasteiger partial charge is 0.255 e. The Bertz CT molecular complexity index is 654. The van der Waals surface area contributed by atoms with Crippen molar-refractivity contribution < 1.29 is 9.90 Å². The first-order valence-electron chi connectivity index (χ1n) is 6.59. The van der Waals surface area contributed by atoms with Crippen LogP contribution in [0.5, 0.6) is 5.75 Å². The standard InChI is InChI=1S/C16H16N2O2/c17-13-9-10-5-1-2-6-11(10)15(13)18-16(20)12-7-3-4-8-14(12)19/h1-8,13,15,19H,9,17H2,(H,18,20). The molecule has 4 N–H and O–H groups in total. The molecule has 2 atom stereocenters. The van der Waals surface area contributed by atoms with E-state index < -0.39 is 0 Å². The number of rotatable bonds is 2. The maximum absolute atomic E-state index is 12.3. The van der Waals surface area contributed by atoms with Gasteiger partial charge in [-0.25, -0.2) is 0 Å². The molecule has 0 aliphatic heterocycles. The molecule has 2 aromatic rings. The van der Waals surface area contributed by atoms with Crippen LogP contribution < -0.4 is 11.1 Å². The van der Waals surface area contributed by atoms with Crippen LogP contribution in [0.3, 0.4) is 0 Å². The Labute approximate surface area is 117 Å². The van der Waals surface area contributed by atoms with E-state index in [1.165, 1.54) is 11.6 Å². The number of hydrogen-bond donors (Lipinski definition) is 3. The summed E-state index contributed by atoms with van der Waals surface area (Å²) in [5, 5.41) is 12.6. The van der Waals surface area contributed by atoms with Crippen molar-refractivity contribution >= 4 is 5.91 Å². The van der Waals surface area contributed by atoms with Gasteiger partial charge in [-0.2, -0.15) is 0 Å². The molecule has 3 rings (SSSR count). The number of aromatic hydroxyl groups is 1. The normalized spacial score (nSPS) is 20.4. The lowest BCUT2D eigenvalue weighted by molar-refractivity contribution is 0.0930. The topological polar surface area (TPSA) is 75.3 Å². The monoisotopic (exact) mass is 268 g/mol. The summed E-state index contributed by atoms with van der Waals surface area (Å²) < 4.78 is 0. The number of benzene rings is 2. The Morgan fingerprint density at radius 3 is 2.65 bits per heavy atom. The van der Waals surface area contributed by atoms with Gasteiger partial charge in [0.05, 0.1) is 11.6 Å². The summed E-state index contributed by atoms with van der Waals surface area (Å²) in [6.07, 6.45) is 0.752. The van der Waals surface area contributed by atoms with Crippen molar-refractivity contribution in [3.05, 3.63) is 65.2 Å². The van der Waals surface area contributed by atoms with Crippen molar-refractivity contribution in [2.24, 2.45) is 5.73 Å². The number of carbonyl (C=O) groups is 1. The van der Waals surface area contributed by atoms with E-state index in [0.717, 1.165) is 12.0 Å². The summed E-state index contributed by atoms with van der Waals surface area (Å²) in [5.41, 5.74) is 8.61. The highest BCUT2D eigenvalue weighted by atomic mass is 16.3. The van der Waals surface area contributed by atoms with Crippen molar-refractivity contribution in [3.63, 3.8) is 0 Å². The second-order valence-corrected chi connectivity index (χ2v) is 5.04. The zero-order valence-corrected chi connectivity index (χ0v) is 10.9. The largest absolute Gasteiger partial charge is 0.507 e. The third-order valence-corrected chi connectivity index (χ3v) is 3.71. The van der Waals surface area contributed by atoms with E-state index in [1.807, 2.05) is 24.3 Å². The molecule has 0 fully saturated rings. The fourth-order valence-electron chi connectivity index (χ4n) is 2.70. The number of phenols is 1. The number of carbonyl (C=O) groups excluding carboxylic acids is 1. The number of phenolic OH excluding ortho intramolecular Hbond substituents is 1. The Morgan fingerprint density at radius 2 is 1.85 bits per heavy atom. The summed E-state index contributed by atoms with van der Waals surface area (Å²) in [6, 6.07) is 14.1. The van der Waals surface area contributed by atoms with Crippen LogP contribution in [0.4, 0.5) is 0 Å². The second kappa shape index (κ2) is 4.98. The fraction of sp³-hybridized carbons (Fsp3) is 0.188. The molecule has 0 bridgehead atoms. The Balaban J connectivity index is 1.85. The molecule has 4 heteroatoms. The minimum Gasteiger partial charge on any atom is -0.507 e. The summed E-state index contributed by atoms with van der Waals surface area (Å²) in [4.78, 5) is 12.3. The molecule has 0 saturated heterocycles. The first-order chi connectivity index (χ1) is 9.66. The van der Waals surface area contributed by atoms with Gasteiger partial charge in [-0.15, -0.1) is 0 Å². The molecule has 20 heavy (non-hydrogen) atoms. The van der Waals surface area contributed by atoms with Crippen LogP contribution in [0.2, 0.25) is 0 Å². The lowest BCUT2D eigenvalue weighted by Gasteiger charge is -2.19. The number of nitrogens with one attached hydrogen (secondary N) is 1. The van der Waals surface area contributed by atoms with Gasteiger partial charge in [0.25, 0.3) is 5.91 Å². The molecule has 0 radical (unpaired) electrons. The van der Waals surface area contributed by atoms with E-state index >= 15 is 0 Å². The van der Waals surface area contributed by atoms with Crippen molar-refractivity contribution in [2.45, 2.75) is 18.5 Å². The highest BCUT2D eigenvalue weighted by molar-refractivity contribution is 5.97. The fourth-order valence-corrected chi connectivity index (χ4v) is 2.70. The molecular formula is C16H16N2O2. The molecule has 1 aliphatic carbocycles. The van der Waals surface area contributed by atoms with Crippen LogP contribution in [0.25, 0.3) is 0 Å². The molecule has 2 unspecified atom stereocenters. The van der Waals surface area contributed by atoms with Crippen LogP contribution in [-0.4, -0.2) is 17.1 Å². The molecule has 102 valence electrons. The zero-order valence-electron chi connectivity index (χ0n) is 10.9. The van der Waals surface area contributed by atoms with Crippen LogP contribution >= 0.6 is 0 Å².